The highest BCUT2D eigenvalue weighted by Crippen LogP contribution is 2.23. The van der Waals surface area contributed by atoms with Gasteiger partial charge in [0.2, 0.25) is 5.91 Å². The summed E-state index contributed by atoms with van der Waals surface area (Å²) in [6.45, 7) is 2.61. The zero-order valence-corrected chi connectivity index (χ0v) is 12.1. The summed E-state index contributed by atoms with van der Waals surface area (Å²) in [7, 11) is 1.69. The number of pyridine rings is 1. The Morgan fingerprint density at radius 2 is 2.24 bits per heavy atom. The van der Waals surface area contributed by atoms with E-state index in [0.29, 0.717) is 24.2 Å². The number of amides is 1. The summed E-state index contributed by atoms with van der Waals surface area (Å²) >= 11 is 0. The minimum atomic E-state index is -0.468. The molecule has 21 heavy (non-hydrogen) atoms. The second-order valence-corrected chi connectivity index (χ2v) is 5.05. The number of hydrogen-bond acceptors (Lipinski definition) is 6. The van der Waals surface area contributed by atoms with Gasteiger partial charge in [0.15, 0.2) is 0 Å². The van der Waals surface area contributed by atoms with E-state index in [1.807, 2.05) is 6.92 Å². The first-order chi connectivity index (χ1) is 9.99. The van der Waals surface area contributed by atoms with Crippen LogP contribution in [-0.4, -0.2) is 42.0 Å². The van der Waals surface area contributed by atoms with Crippen LogP contribution in [0.2, 0.25) is 0 Å². The number of hydrogen-bond donors (Lipinski definition) is 2. The summed E-state index contributed by atoms with van der Waals surface area (Å²) in [5.74, 6) is 0.723. The van der Waals surface area contributed by atoms with Crippen molar-refractivity contribution in [2.24, 2.45) is 0 Å². The zero-order valence-electron chi connectivity index (χ0n) is 12.1. The lowest BCUT2D eigenvalue weighted by molar-refractivity contribution is -0.384. The Labute approximate surface area is 122 Å². The molecule has 0 atom stereocenters. The molecule has 0 bridgehead atoms. The molecule has 2 rings (SSSR count). The lowest BCUT2D eigenvalue weighted by Crippen LogP contribution is -2.36. The molecule has 1 saturated carbocycles. The van der Waals surface area contributed by atoms with E-state index in [1.54, 1.807) is 11.9 Å². The fourth-order valence-electron chi connectivity index (χ4n) is 1.87. The highest BCUT2D eigenvalue weighted by molar-refractivity contribution is 5.81. The second kappa shape index (κ2) is 6.38. The molecule has 1 aromatic rings. The van der Waals surface area contributed by atoms with Crippen LogP contribution in [0.4, 0.5) is 17.3 Å². The van der Waals surface area contributed by atoms with Gasteiger partial charge in [0, 0.05) is 19.6 Å². The summed E-state index contributed by atoms with van der Waals surface area (Å²) in [5, 5.41) is 16.8. The number of nitrogens with zero attached hydrogens (tertiary/aromatic N) is 3. The van der Waals surface area contributed by atoms with Crippen molar-refractivity contribution in [1.29, 1.82) is 0 Å². The topological polar surface area (TPSA) is 100 Å². The molecule has 114 valence electrons. The molecule has 0 saturated heterocycles. The van der Waals surface area contributed by atoms with Crippen molar-refractivity contribution in [2.45, 2.75) is 25.8 Å². The maximum Gasteiger partial charge on any atom is 0.276 e. The van der Waals surface area contributed by atoms with Gasteiger partial charge in [0.1, 0.15) is 11.6 Å². The van der Waals surface area contributed by atoms with Crippen LogP contribution in [0.5, 0.6) is 0 Å². The average molecular weight is 293 g/mol. The van der Waals surface area contributed by atoms with E-state index in [1.165, 1.54) is 12.1 Å². The summed E-state index contributed by atoms with van der Waals surface area (Å²) in [6, 6.07) is 3.04. The van der Waals surface area contributed by atoms with Gasteiger partial charge < -0.3 is 15.5 Å². The third-order valence-corrected chi connectivity index (χ3v) is 3.08. The van der Waals surface area contributed by atoms with E-state index in [9.17, 15) is 14.9 Å². The maximum absolute atomic E-state index is 11.8. The van der Waals surface area contributed by atoms with E-state index in [2.05, 4.69) is 15.6 Å². The Balaban J connectivity index is 2.11. The molecular formula is C13H19N5O3. The van der Waals surface area contributed by atoms with Crippen molar-refractivity contribution < 1.29 is 9.72 Å². The molecule has 8 heteroatoms. The lowest BCUT2D eigenvalue weighted by Gasteiger charge is -2.18. The van der Waals surface area contributed by atoms with Crippen molar-refractivity contribution in [3.05, 3.63) is 22.2 Å². The Morgan fingerprint density at radius 1 is 1.52 bits per heavy atom. The molecule has 1 aliphatic carbocycles. The predicted octanol–water partition coefficient (Wildman–Crippen LogP) is 1.14. The summed E-state index contributed by atoms with van der Waals surface area (Å²) in [5.41, 5.74) is -0.0506. The van der Waals surface area contributed by atoms with Gasteiger partial charge in [-0.25, -0.2) is 4.98 Å². The second-order valence-electron chi connectivity index (χ2n) is 5.05. The normalized spacial score (nSPS) is 13.6. The van der Waals surface area contributed by atoms with Gasteiger partial charge in [0.25, 0.3) is 5.69 Å². The number of rotatable bonds is 7. The van der Waals surface area contributed by atoms with Crippen molar-refractivity contribution in [1.82, 2.24) is 10.3 Å². The molecule has 1 aliphatic rings. The monoisotopic (exact) mass is 293 g/mol. The van der Waals surface area contributed by atoms with Gasteiger partial charge in [-0.15, -0.1) is 0 Å². The van der Waals surface area contributed by atoms with E-state index in [4.69, 9.17) is 0 Å². The number of carbonyl (C=O) groups is 1. The minimum absolute atomic E-state index is 0.0506. The van der Waals surface area contributed by atoms with Crippen molar-refractivity contribution in [2.75, 3.05) is 30.4 Å². The first kappa shape index (κ1) is 15.0. The highest BCUT2D eigenvalue weighted by Gasteiger charge is 2.24. The fourth-order valence-corrected chi connectivity index (χ4v) is 1.87. The predicted molar refractivity (Wildman–Crippen MR) is 79.5 cm³/mol. The van der Waals surface area contributed by atoms with Crippen LogP contribution in [0.3, 0.4) is 0 Å². The number of aromatic nitrogens is 1. The third kappa shape index (κ3) is 4.30. The quantitative estimate of drug-likeness (QED) is 0.577. The smallest absolute Gasteiger partial charge is 0.276 e. The lowest BCUT2D eigenvalue weighted by atomic mass is 10.3. The van der Waals surface area contributed by atoms with Crippen LogP contribution in [0, 0.1) is 10.1 Å². The Morgan fingerprint density at radius 3 is 2.81 bits per heavy atom. The van der Waals surface area contributed by atoms with Crippen molar-refractivity contribution in [3.8, 4) is 0 Å². The largest absolute Gasteiger partial charge is 0.370 e. The van der Waals surface area contributed by atoms with E-state index in [0.717, 1.165) is 12.8 Å². The number of likely N-dealkylation sites (N-methyl/N-ethyl adjacent to an activating group) is 1. The summed E-state index contributed by atoms with van der Waals surface area (Å²) in [4.78, 5) is 28.2. The number of carbonyl (C=O) groups excluding carboxylic acids is 1. The molecule has 0 radical (unpaired) electrons. The average Bonchev–Trinajstić information content (AvgIpc) is 3.22. The van der Waals surface area contributed by atoms with E-state index >= 15 is 0 Å². The van der Waals surface area contributed by atoms with Gasteiger partial charge in [0.05, 0.1) is 23.6 Å². The number of nitro groups is 1. The van der Waals surface area contributed by atoms with Gasteiger partial charge in [-0.1, -0.05) is 0 Å². The van der Waals surface area contributed by atoms with Crippen LogP contribution in [-0.2, 0) is 4.79 Å². The van der Waals surface area contributed by atoms with E-state index in [-0.39, 0.29) is 18.1 Å². The molecule has 8 nitrogen and oxygen atoms in total. The molecule has 0 aliphatic heterocycles. The summed E-state index contributed by atoms with van der Waals surface area (Å²) < 4.78 is 0. The molecule has 2 N–H and O–H groups in total. The highest BCUT2D eigenvalue weighted by atomic mass is 16.6. The molecule has 1 amide bonds. The maximum atomic E-state index is 11.8. The summed E-state index contributed by atoms with van der Waals surface area (Å²) in [6.07, 6.45) is 2.05. The molecule has 0 aromatic carbocycles. The van der Waals surface area contributed by atoms with Crippen LogP contribution >= 0.6 is 0 Å². The fraction of sp³-hybridized carbons (Fsp3) is 0.538. The van der Waals surface area contributed by atoms with E-state index < -0.39 is 4.92 Å². The Hall–Kier alpha value is -2.38. The van der Waals surface area contributed by atoms with Gasteiger partial charge in [-0.2, -0.15) is 0 Å². The Kier molecular flexibility index (Phi) is 4.56. The van der Waals surface area contributed by atoms with Crippen molar-refractivity contribution in [3.63, 3.8) is 0 Å². The molecule has 0 spiro atoms. The van der Waals surface area contributed by atoms with Gasteiger partial charge in [-0.3, -0.25) is 14.9 Å². The molecule has 1 fully saturated rings. The van der Waals surface area contributed by atoms with Crippen molar-refractivity contribution >= 4 is 23.2 Å². The molecule has 1 heterocycles. The SMILES string of the molecule is CCNc1cc([N+](=O)[O-])cc(N(C)CC(=O)NC2CC2)n1. The molecule has 1 aromatic heterocycles. The van der Waals surface area contributed by atoms with Crippen LogP contribution in [0.1, 0.15) is 19.8 Å². The zero-order chi connectivity index (χ0) is 15.4. The first-order valence-electron chi connectivity index (χ1n) is 6.90. The number of nitrogens with one attached hydrogen (secondary N) is 2. The number of anilines is 2. The van der Waals surface area contributed by atoms with Crippen LogP contribution < -0.4 is 15.5 Å². The van der Waals surface area contributed by atoms with Crippen LogP contribution in [0.15, 0.2) is 12.1 Å². The molecule has 0 unspecified atom stereocenters. The third-order valence-electron chi connectivity index (χ3n) is 3.08. The first-order valence-corrected chi connectivity index (χ1v) is 6.90. The molecular weight excluding hydrogens is 274 g/mol. The van der Waals surface area contributed by atoms with Gasteiger partial charge in [-0.05, 0) is 19.8 Å². The minimum Gasteiger partial charge on any atom is -0.370 e. The van der Waals surface area contributed by atoms with Crippen LogP contribution in [0.25, 0.3) is 0 Å². The van der Waals surface area contributed by atoms with Gasteiger partial charge >= 0.3 is 0 Å². The standard InChI is InChI=1S/C13H19N5O3/c1-3-14-11-6-10(18(20)21)7-12(16-11)17(2)8-13(19)15-9-4-5-9/h6-7,9H,3-5,8H2,1-2H3,(H,14,16)(H,15,19). The Bertz CT molecular complexity index is 545.